The number of anilines is 2. The van der Waals surface area contributed by atoms with Crippen LogP contribution in [0.15, 0.2) is 79.1 Å². The van der Waals surface area contributed by atoms with Crippen LogP contribution in [-0.2, 0) is 17.9 Å². The van der Waals surface area contributed by atoms with Crippen LogP contribution < -0.4 is 15.5 Å². The summed E-state index contributed by atoms with van der Waals surface area (Å²) < 4.78 is 1.92. The van der Waals surface area contributed by atoms with Crippen LogP contribution in [0.25, 0.3) is 5.82 Å². The van der Waals surface area contributed by atoms with E-state index in [-0.39, 0.29) is 5.91 Å². The summed E-state index contributed by atoms with van der Waals surface area (Å²) in [5.74, 6) is 2.01. The summed E-state index contributed by atoms with van der Waals surface area (Å²) in [6, 6.07) is 20.4. The van der Waals surface area contributed by atoms with Gasteiger partial charge in [0.2, 0.25) is 11.9 Å². The number of amides is 1. The zero-order chi connectivity index (χ0) is 27.1. The second-order valence-corrected chi connectivity index (χ2v) is 10.5. The molecule has 2 aromatic carbocycles. The Morgan fingerprint density at radius 3 is 2.37 bits per heavy atom. The lowest BCUT2D eigenvalue weighted by molar-refractivity contribution is -0.122. The first kappa shape index (κ1) is 27.5. The lowest BCUT2D eigenvalue weighted by atomic mass is 10.0. The number of carbonyl (C=O) groups excluding carboxylic acids is 1. The highest BCUT2D eigenvalue weighted by atomic mass is 35.5. The van der Waals surface area contributed by atoms with Crippen LogP contribution in [0.2, 0.25) is 10.0 Å². The Bertz CT molecular complexity index is 1340. The van der Waals surface area contributed by atoms with E-state index in [9.17, 15) is 4.79 Å². The summed E-state index contributed by atoms with van der Waals surface area (Å²) in [6.45, 7) is 5.18. The van der Waals surface area contributed by atoms with Gasteiger partial charge in [-0.2, -0.15) is 9.97 Å². The molecule has 7 nitrogen and oxygen atoms in total. The topological polar surface area (TPSA) is 75.1 Å². The third-order valence-electron chi connectivity index (χ3n) is 5.95. The number of aromatic nitrogens is 3. The minimum absolute atomic E-state index is 0.0939. The molecular weight excluding hydrogens is 519 g/mol. The number of nitrogens with zero attached hydrogens (tertiary/aromatic N) is 4. The fourth-order valence-electron chi connectivity index (χ4n) is 4.06. The van der Waals surface area contributed by atoms with Gasteiger partial charge in [-0.05, 0) is 59.9 Å². The van der Waals surface area contributed by atoms with Crippen molar-refractivity contribution in [2.45, 2.75) is 39.4 Å². The van der Waals surface area contributed by atoms with E-state index >= 15 is 0 Å². The molecule has 198 valence electrons. The number of hydrogen-bond acceptors (Lipinski definition) is 5. The van der Waals surface area contributed by atoms with Crippen LogP contribution in [0.3, 0.4) is 0 Å². The molecule has 4 rings (SSSR count). The van der Waals surface area contributed by atoms with Gasteiger partial charge in [-0.25, -0.2) is 0 Å². The summed E-state index contributed by atoms with van der Waals surface area (Å²) >= 11 is 12.2. The van der Waals surface area contributed by atoms with Crippen molar-refractivity contribution in [1.82, 2.24) is 19.9 Å². The van der Waals surface area contributed by atoms with Gasteiger partial charge in [-0.3, -0.25) is 4.79 Å². The highest BCUT2D eigenvalue weighted by Gasteiger charge is 2.21. The Morgan fingerprint density at radius 1 is 0.947 bits per heavy atom. The molecule has 1 atom stereocenters. The first-order valence-corrected chi connectivity index (χ1v) is 13.3. The Kier molecular flexibility index (Phi) is 9.26. The third-order valence-corrected chi connectivity index (χ3v) is 6.43. The molecule has 2 heterocycles. The van der Waals surface area contributed by atoms with E-state index in [0.29, 0.717) is 53.1 Å². The van der Waals surface area contributed by atoms with Gasteiger partial charge in [0.1, 0.15) is 17.7 Å². The highest BCUT2D eigenvalue weighted by molar-refractivity contribution is 6.30. The lowest BCUT2D eigenvalue weighted by Gasteiger charge is -2.23. The molecule has 38 heavy (non-hydrogen) atoms. The van der Waals surface area contributed by atoms with Crippen molar-refractivity contribution in [3.05, 3.63) is 100 Å². The van der Waals surface area contributed by atoms with Gasteiger partial charge in [0.25, 0.3) is 0 Å². The number of nitrogens with one attached hydrogen (secondary N) is 2. The van der Waals surface area contributed by atoms with E-state index in [2.05, 4.69) is 24.5 Å². The lowest BCUT2D eigenvalue weighted by Crippen LogP contribution is -2.40. The van der Waals surface area contributed by atoms with Gasteiger partial charge in [-0.1, -0.05) is 61.3 Å². The van der Waals surface area contributed by atoms with Gasteiger partial charge in [0.15, 0.2) is 0 Å². The fraction of sp³-hybridized carbons (Fsp3) is 0.276. The molecule has 0 saturated carbocycles. The van der Waals surface area contributed by atoms with Crippen molar-refractivity contribution in [2.75, 3.05) is 17.3 Å². The van der Waals surface area contributed by atoms with Crippen LogP contribution >= 0.6 is 23.2 Å². The van der Waals surface area contributed by atoms with Gasteiger partial charge >= 0.3 is 0 Å². The molecule has 2 aromatic heterocycles. The van der Waals surface area contributed by atoms with Crippen molar-refractivity contribution >= 4 is 40.9 Å². The molecule has 0 aliphatic heterocycles. The Labute approximate surface area is 233 Å². The van der Waals surface area contributed by atoms with Crippen molar-refractivity contribution in [2.24, 2.45) is 5.92 Å². The van der Waals surface area contributed by atoms with Crippen LogP contribution in [0.1, 0.15) is 31.4 Å². The summed E-state index contributed by atoms with van der Waals surface area (Å²) in [4.78, 5) is 24.8. The van der Waals surface area contributed by atoms with Crippen molar-refractivity contribution in [1.29, 1.82) is 0 Å². The quantitative estimate of drug-likeness (QED) is 0.227. The average Bonchev–Trinajstić information content (AvgIpc) is 3.43. The first-order chi connectivity index (χ1) is 18.3. The molecule has 0 bridgehead atoms. The minimum Gasteiger partial charge on any atom is -0.358 e. The molecule has 0 unspecified atom stereocenters. The maximum atomic E-state index is 13.3. The monoisotopic (exact) mass is 550 g/mol. The highest BCUT2D eigenvalue weighted by Crippen LogP contribution is 2.21. The number of carbonyl (C=O) groups is 1. The van der Waals surface area contributed by atoms with Crippen LogP contribution in [-0.4, -0.2) is 33.5 Å². The molecule has 1 amide bonds. The molecule has 0 radical (unpaired) electrons. The standard InChI is InChI=1S/C29H32Cl2N6O/c1-20(2)15-25(28(38)32-18-21-9-11-23(30)12-10-21)33-26-17-27(37-13-4-5-14-37)35-29(34-26)36(3)19-22-7-6-8-24(31)16-22/h4-14,16-17,20,25H,15,18-19H2,1-3H3,(H,32,38)(H,33,34,35)/t25-/m1/s1. The van der Waals surface area contributed by atoms with E-state index in [4.69, 9.17) is 33.2 Å². The first-order valence-electron chi connectivity index (χ1n) is 12.5. The van der Waals surface area contributed by atoms with Crippen LogP contribution in [0, 0.1) is 5.92 Å². The molecule has 0 aliphatic carbocycles. The Hall–Kier alpha value is -3.55. The van der Waals surface area contributed by atoms with Crippen molar-refractivity contribution < 1.29 is 4.79 Å². The van der Waals surface area contributed by atoms with E-state index in [1.807, 2.05) is 95.6 Å². The zero-order valence-electron chi connectivity index (χ0n) is 21.7. The SMILES string of the molecule is CC(C)C[C@@H](Nc1cc(-n2cccc2)nc(N(C)Cc2cccc(Cl)c2)n1)C(=O)NCc1ccc(Cl)cc1. The van der Waals surface area contributed by atoms with E-state index in [1.165, 1.54) is 0 Å². The minimum atomic E-state index is -0.471. The molecular formula is C29H32Cl2N6O. The normalized spacial score (nSPS) is 11.8. The fourth-order valence-corrected chi connectivity index (χ4v) is 4.40. The van der Waals surface area contributed by atoms with E-state index < -0.39 is 6.04 Å². The number of rotatable bonds is 11. The van der Waals surface area contributed by atoms with Gasteiger partial charge in [0, 0.05) is 48.6 Å². The molecule has 0 aliphatic rings. The summed E-state index contributed by atoms with van der Waals surface area (Å²) in [7, 11) is 1.93. The second-order valence-electron chi connectivity index (χ2n) is 9.66. The van der Waals surface area contributed by atoms with E-state index in [0.717, 1.165) is 11.1 Å². The molecule has 9 heteroatoms. The third kappa shape index (κ3) is 7.73. The maximum absolute atomic E-state index is 13.3. The van der Waals surface area contributed by atoms with Crippen LogP contribution in [0.5, 0.6) is 0 Å². The van der Waals surface area contributed by atoms with Gasteiger partial charge in [0.05, 0.1) is 0 Å². The van der Waals surface area contributed by atoms with Crippen molar-refractivity contribution in [3.63, 3.8) is 0 Å². The van der Waals surface area contributed by atoms with E-state index in [1.54, 1.807) is 0 Å². The summed E-state index contributed by atoms with van der Waals surface area (Å²) in [5, 5.41) is 7.77. The molecule has 0 spiro atoms. The van der Waals surface area contributed by atoms with Crippen molar-refractivity contribution in [3.8, 4) is 5.82 Å². The molecule has 2 N–H and O–H groups in total. The molecule has 4 aromatic rings. The van der Waals surface area contributed by atoms with Crippen LogP contribution in [0.4, 0.5) is 11.8 Å². The predicted molar refractivity (Wildman–Crippen MR) is 155 cm³/mol. The predicted octanol–water partition coefficient (Wildman–Crippen LogP) is 6.35. The smallest absolute Gasteiger partial charge is 0.242 e. The Balaban J connectivity index is 1.57. The van der Waals surface area contributed by atoms with Gasteiger partial charge in [-0.15, -0.1) is 0 Å². The van der Waals surface area contributed by atoms with Gasteiger partial charge < -0.3 is 20.1 Å². The second kappa shape index (κ2) is 12.8. The summed E-state index contributed by atoms with van der Waals surface area (Å²) in [5.41, 5.74) is 2.02. The maximum Gasteiger partial charge on any atom is 0.242 e. The number of benzene rings is 2. The number of hydrogen-bond donors (Lipinski definition) is 2. The average molecular weight is 552 g/mol. The summed E-state index contributed by atoms with van der Waals surface area (Å²) in [6.07, 6.45) is 4.50. The number of halogens is 2. The zero-order valence-corrected chi connectivity index (χ0v) is 23.2. The molecule has 0 saturated heterocycles. The molecule has 0 fully saturated rings. The Morgan fingerprint density at radius 2 is 1.68 bits per heavy atom. The largest absolute Gasteiger partial charge is 0.358 e.